The quantitative estimate of drug-likeness (QED) is 0.561. The number of carbonyl (C=O) groups excluding carboxylic acids is 1. The number of hydrogen-bond donors (Lipinski definition) is 0. The molecule has 0 amide bonds. The van der Waals surface area contributed by atoms with Gasteiger partial charge in [-0.05, 0) is 43.9 Å². The van der Waals surface area contributed by atoms with Gasteiger partial charge in [-0.25, -0.2) is 0 Å². The zero-order valence-corrected chi connectivity index (χ0v) is 7.58. The van der Waals surface area contributed by atoms with Gasteiger partial charge in [0.05, 0.1) is 0 Å². The van der Waals surface area contributed by atoms with Crippen LogP contribution in [-0.2, 0) is 9.53 Å². The first kappa shape index (κ1) is 8.09. The number of fused-ring (bicyclic) bond motifs is 3. The second-order valence-electron chi connectivity index (χ2n) is 4.16. The van der Waals surface area contributed by atoms with Gasteiger partial charge in [-0.15, -0.1) is 0 Å². The Morgan fingerprint density at radius 2 is 1.92 bits per heavy atom. The third-order valence-electron chi connectivity index (χ3n) is 3.30. The van der Waals surface area contributed by atoms with E-state index < -0.39 is 0 Å². The summed E-state index contributed by atoms with van der Waals surface area (Å²) in [6, 6.07) is 0. The van der Waals surface area contributed by atoms with Gasteiger partial charge in [-0.2, -0.15) is 0 Å². The molecule has 68 valence electrons. The molecule has 0 aromatic carbocycles. The highest BCUT2D eigenvalue weighted by Crippen LogP contribution is 2.42. The molecular weight excluding hydrogens is 152 g/mol. The Balaban J connectivity index is 1.95. The van der Waals surface area contributed by atoms with Crippen molar-refractivity contribution in [1.29, 1.82) is 0 Å². The first-order valence-corrected chi connectivity index (χ1v) is 4.93. The lowest BCUT2D eigenvalue weighted by Gasteiger charge is -2.41. The van der Waals surface area contributed by atoms with Crippen molar-refractivity contribution in [1.82, 2.24) is 0 Å². The van der Waals surface area contributed by atoms with E-state index >= 15 is 0 Å². The zero-order valence-electron chi connectivity index (χ0n) is 7.58. The van der Waals surface area contributed by atoms with E-state index in [-0.39, 0.29) is 12.1 Å². The lowest BCUT2D eigenvalue weighted by Crippen LogP contribution is -2.37. The maximum atomic E-state index is 10.8. The highest BCUT2D eigenvalue weighted by atomic mass is 16.5. The SMILES string of the molecule is CC(=O)OC1CC2CCC1CC2. The summed E-state index contributed by atoms with van der Waals surface area (Å²) in [4.78, 5) is 10.8. The second kappa shape index (κ2) is 3.08. The fourth-order valence-corrected chi connectivity index (χ4v) is 2.67. The Kier molecular flexibility index (Phi) is 2.07. The smallest absolute Gasteiger partial charge is 0.302 e. The molecule has 0 radical (unpaired) electrons. The summed E-state index contributed by atoms with van der Waals surface area (Å²) in [5, 5.41) is 0. The molecule has 1 unspecified atom stereocenters. The topological polar surface area (TPSA) is 26.3 Å². The highest BCUT2D eigenvalue weighted by molar-refractivity contribution is 5.66. The van der Waals surface area contributed by atoms with Crippen molar-refractivity contribution >= 4 is 5.97 Å². The van der Waals surface area contributed by atoms with E-state index in [0.29, 0.717) is 5.92 Å². The van der Waals surface area contributed by atoms with Gasteiger partial charge < -0.3 is 4.74 Å². The van der Waals surface area contributed by atoms with Crippen LogP contribution >= 0.6 is 0 Å². The molecule has 3 aliphatic rings. The molecule has 0 N–H and O–H groups in total. The van der Waals surface area contributed by atoms with E-state index in [1.165, 1.54) is 32.6 Å². The molecule has 3 saturated carbocycles. The van der Waals surface area contributed by atoms with Crippen molar-refractivity contribution in [3.05, 3.63) is 0 Å². The number of esters is 1. The lowest BCUT2D eigenvalue weighted by molar-refractivity contribution is -0.154. The highest BCUT2D eigenvalue weighted by Gasteiger charge is 2.37. The molecule has 2 nitrogen and oxygen atoms in total. The van der Waals surface area contributed by atoms with Crippen molar-refractivity contribution < 1.29 is 9.53 Å². The van der Waals surface area contributed by atoms with Crippen LogP contribution in [0.2, 0.25) is 0 Å². The van der Waals surface area contributed by atoms with Gasteiger partial charge in [0.25, 0.3) is 0 Å². The molecule has 12 heavy (non-hydrogen) atoms. The van der Waals surface area contributed by atoms with Gasteiger partial charge in [-0.3, -0.25) is 4.79 Å². The van der Waals surface area contributed by atoms with Crippen LogP contribution in [0.1, 0.15) is 39.0 Å². The minimum Gasteiger partial charge on any atom is -0.462 e. The molecule has 3 aliphatic carbocycles. The Morgan fingerprint density at radius 1 is 1.25 bits per heavy atom. The molecular formula is C10H16O2. The van der Waals surface area contributed by atoms with E-state index in [1.54, 1.807) is 0 Å². The fraction of sp³-hybridized carbons (Fsp3) is 0.900. The van der Waals surface area contributed by atoms with Crippen LogP contribution in [0.5, 0.6) is 0 Å². The molecule has 1 atom stereocenters. The van der Waals surface area contributed by atoms with Crippen LogP contribution in [-0.4, -0.2) is 12.1 Å². The molecule has 3 rings (SSSR count). The van der Waals surface area contributed by atoms with Crippen molar-refractivity contribution in [2.24, 2.45) is 11.8 Å². The third kappa shape index (κ3) is 1.47. The molecule has 0 aromatic rings. The van der Waals surface area contributed by atoms with Crippen molar-refractivity contribution in [2.75, 3.05) is 0 Å². The summed E-state index contributed by atoms with van der Waals surface area (Å²) >= 11 is 0. The predicted octanol–water partition coefficient (Wildman–Crippen LogP) is 2.13. The third-order valence-corrected chi connectivity index (χ3v) is 3.30. The van der Waals surface area contributed by atoms with Crippen molar-refractivity contribution in [3.8, 4) is 0 Å². The monoisotopic (exact) mass is 168 g/mol. The Hall–Kier alpha value is -0.530. The molecule has 0 saturated heterocycles. The Bertz CT molecular complexity index is 180. The predicted molar refractivity (Wildman–Crippen MR) is 45.6 cm³/mol. The molecule has 0 aromatic heterocycles. The van der Waals surface area contributed by atoms with E-state index in [2.05, 4.69) is 0 Å². The van der Waals surface area contributed by atoms with E-state index in [1.807, 2.05) is 0 Å². The van der Waals surface area contributed by atoms with Gasteiger partial charge in [0.15, 0.2) is 0 Å². The molecule has 0 heterocycles. The Morgan fingerprint density at radius 3 is 2.33 bits per heavy atom. The van der Waals surface area contributed by atoms with Crippen LogP contribution in [0.4, 0.5) is 0 Å². The molecule has 2 bridgehead atoms. The summed E-state index contributed by atoms with van der Waals surface area (Å²) < 4.78 is 5.29. The average Bonchev–Trinajstić information content (AvgIpc) is 2.05. The molecule has 2 heteroatoms. The summed E-state index contributed by atoms with van der Waals surface area (Å²) in [6.07, 6.45) is 6.68. The molecule has 0 aliphatic heterocycles. The maximum Gasteiger partial charge on any atom is 0.302 e. The lowest BCUT2D eigenvalue weighted by atomic mass is 9.69. The summed E-state index contributed by atoms with van der Waals surface area (Å²) in [6.45, 7) is 1.52. The largest absolute Gasteiger partial charge is 0.462 e. The van der Waals surface area contributed by atoms with Crippen LogP contribution in [0, 0.1) is 11.8 Å². The minimum atomic E-state index is -0.104. The normalized spacial score (nSPS) is 39.6. The second-order valence-corrected chi connectivity index (χ2v) is 4.16. The number of ether oxygens (including phenoxy) is 1. The standard InChI is InChI=1S/C10H16O2/c1-7(11)12-10-6-8-2-4-9(10)5-3-8/h8-10H,2-6H2,1H3. The summed E-state index contributed by atoms with van der Waals surface area (Å²) in [5.41, 5.74) is 0. The van der Waals surface area contributed by atoms with Gasteiger partial charge in [0.2, 0.25) is 0 Å². The van der Waals surface area contributed by atoms with Crippen molar-refractivity contribution in [3.63, 3.8) is 0 Å². The average molecular weight is 168 g/mol. The van der Waals surface area contributed by atoms with E-state index in [4.69, 9.17) is 4.74 Å². The molecule has 0 spiro atoms. The van der Waals surface area contributed by atoms with E-state index in [9.17, 15) is 4.79 Å². The maximum absolute atomic E-state index is 10.8. The number of hydrogen-bond acceptors (Lipinski definition) is 2. The van der Waals surface area contributed by atoms with Crippen LogP contribution in [0.3, 0.4) is 0 Å². The summed E-state index contributed by atoms with van der Waals surface area (Å²) in [7, 11) is 0. The molecule has 3 fully saturated rings. The summed E-state index contributed by atoms with van der Waals surface area (Å²) in [5.74, 6) is 1.42. The first-order chi connectivity index (χ1) is 5.75. The van der Waals surface area contributed by atoms with Gasteiger partial charge >= 0.3 is 5.97 Å². The Labute approximate surface area is 73.3 Å². The van der Waals surface area contributed by atoms with Crippen molar-refractivity contribution in [2.45, 2.75) is 45.1 Å². The van der Waals surface area contributed by atoms with E-state index in [0.717, 1.165) is 12.3 Å². The van der Waals surface area contributed by atoms with Gasteiger partial charge in [0, 0.05) is 6.92 Å². The van der Waals surface area contributed by atoms with Crippen LogP contribution in [0.25, 0.3) is 0 Å². The van der Waals surface area contributed by atoms with Crippen LogP contribution in [0.15, 0.2) is 0 Å². The number of carbonyl (C=O) groups is 1. The first-order valence-electron chi connectivity index (χ1n) is 4.93. The van der Waals surface area contributed by atoms with Gasteiger partial charge in [-0.1, -0.05) is 0 Å². The number of rotatable bonds is 1. The van der Waals surface area contributed by atoms with Gasteiger partial charge in [0.1, 0.15) is 6.10 Å². The zero-order chi connectivity index (χ0) is 8.55. The minimum absolute atomic E-state index is 0.104. The van der Waals surface area contributed by atoms with Crippen LogP contribution < -0.4 is 0 Å². The fourth-order valence-electron chi connectivity index (χ4n) is 2.67.